The largest absolute Gasteiger partial charge is 0.381 e. The molecule has 118 valence electrons. The minimum Gasteiger partial charge on any atom is -0.381 e. The molecule has 20 heavy (non-hydrogen) atoms. The van der Waals surface area contributed by atoms with E-state index in [1.807, 2.05) is 0 Å². The molecule has 2 unspecified atom stereocenters. The molecule has 0 bridgehead atoms. The molecule has 0 aromatic heterocycles. The fraction of sp³-hybridized carbons (Fsp3) is 1.00. The van der Waals surface area contributed by atoms with Crippen molar-refractivity contribution in [2.75, 3.05) is 46.0 Å². The lowest BCUT2D eigenvalue weighted by atomic mass is 9.81. The van der Waals surface area contributed by atoms with Crippen LogP contribution in [0, 0.1) is 5.41 Å². The quantitative estimate of drug-likeness (QED) is 0.836. The lowest BCUT2D eigenvalue weighted by Crippen LogP contribution is -2.51. The molecule has 0 amide bonds. The van der Waals surface area contributed by atoms with E-state index in [0.29, 0.717) is 12.1 Å². The summed E-state index contributed by atoms with van der Waals surface area (Å²) in [5.41, 5.74) is 0.284. The number of hydrogen-bond acceptors (Lipinski definition) is 4. The topological polar surface area (TPSA) is 33.7 Å². The minimum atomic E-state index is 0.284. The van der Waals surface area contributed by atoms with Gasteiger partial charge in [0.2, 0.25) is 0 Å². The molecular weight excluding hydrogens is 252 g/mol. The maximum Gasteiger partial charge on any atom is 0.0673 e. The molecule has 2 rings (SSSR count). The van der Waals surface area contributed by atoms with Gasteiger partial charge in [0.25, 0.3) is 0 Å². The van der Waals surface area contributed by atoms with Crippen molar-refractivity contribution in [2.24, 2.45) is 5.41 Å². The molecule has 2 atom stereocenters. The number of nitrogens with one attached hydrogen (secondary N) is 1. The summed E-state index contributed by atoms with van der Waals surface area (Å²) in [5.74, 6) is 0. The molecule has 2 saturated heterocycles. The van der Waals surface area contributed by atoms with Gasteiger partial charge in [-0.1, -0.05) is 13.8 Å². The Balaban J connectivity index is 1.94. The molecule has 2 heterocycles. The maximum atomic E-state index is 5.82. The normalized spacial score (nSPS) is 33.3. The van der Waals surface area contributed by atoms with Crippen LogP contribution in [0.25, 0.3) is 0 Å². The second-order valence-electron chi connectivity index (χ2n) is 6.96. The molecule has 4 nitrogen and oxygen atoms in total. The van der Waals surface area contributed by atoms with Crippen molar-refractivity contribution in [3.63, 3.8) is 0 Å². The van der Waals surface area contributed by atoms with Crippen molar-refractivity contribution in [1.82, 2.24) is 10.2 Å². The average Bonchev–Trinajstić information content (AvgIpc) is 2.62. The highest BCUT2D eigenvalue weighted by molar-refractivity contribution is 4.88. The Bertz CT molecular complexity index is 278. The van der Waals surface area contributed by atoms with Crippen molar-refractivity contribution >= 4 is 0 Å². The molecule has 0 aliphatic carbocycles. The summed E-state index contributed by atoms with van der Waals surface area (Å²) in [5, 5.41) is 3.63. The average molecular weight is 284 g/mol. The second-order valence-corrected chi connectivity index (χ2v) is 6.96. The predicted octanol–water partition coefficient (Wildman–Crippen LogP) is 1.89. The van der Waals surface area contributed by atoms with Crippen LogP contribution in [0.2, 0.25) is 0 Å². The van der Waals surface area contributed by atoms with Crippen molar-refractivity contribution in [1.29, 1.82) is 0 Å². The van der Waals surface area contributed by atoms with Gasteiger partial charge in [0.05, 0.1) is 12.7 Å². The maximum absolute atomic E-state index is 5.82. The fourth-order valence-corrected chi connectivity index (χ4v) is 3.35. The first kappa shape index (κ1) is 16.2. The molecule has 2 fully saturated rings. The second kappa shape index (κ2) is 7.74. The van der Waals surface area contributed by atoms with E-state index in [2.05, 4.69) is 31.0 Å². The van der Waals surface area contributed by atoms with Crippen LogP contribution >= 0.6 is 0 Å². The Morgan fingerprint density at radius 3 is 2.85 bits per heavy atom. The highest BCUT2D eigenvalue weighted by atomic mass is 16.5. The monoisotopic (exact) mass is 284 g/mol. The van der Waals surface area contributed by atoms with Crippen molar-refractivity contribution in [3.05, 3.63) is 0 Å². The number of rotatable bonds is 5. The first-order chi connectivity index (χ1) is 9.60. The first-order valence-corrected chi connectivity index (χ1v) is 8.25. The molecule has 4 heteroatoms. The van der Waals surface area contributed by atoms with Crippen LogP contribution in [0.15, 0.2) is 0 Å². The smallest absolute Gasteiger partial charge is 0.0673 e. The van der Waals surface area contributed by atoms with Crippen LogP contribution in [-0.4, -0.2) is 63.0 Å². The molecule has 2 aliphatic rings. The van der Waals surface area contributed by atoms with E-state index >= 15 is 0 Å². The summed E-state index contributed by atoms with van der Waals surface area (Å²) in [6.45, 7) is 13.8. The van der Waals surface area contributed by atoms with E-state index in [9.17, 15) is 0 Å². The zero-order chi connectivity index (χ0) is 14.4. The molecule has 0 saturated carbocycles. The molecular formula is C16H32N2O2. The van der Waals surface area contributed by atoms with Crippen molar-refractivity contribution in [2.45, 2.75) is 52.2 Å². The van der Waals surface area contributed by atoms with Gasteiger partial charge in [-0.15, -0.1) is 0 Å². The van der Waals surface area contributed by atoms with E-state index < -0.39 is 0 Å². The zero-order valence-corrected chi connectivity index (χ0v) is 13.5. The van der Waals surface area contributed by atoms with E-state index in [4.69, 9.17) is 9.47 Å². The van der Waals surface area contributed by atoms with Crippen LogP contribution in [-0.2, 0) is 9.47 Å². The van der Waals surface area contributed by atoms with Crippen LogP contribution < -0.4 is 5.32 Å². The number of hydrogen-bond donors (Lipinski definition) is 1. The third-order valence-corrected chi connectivity index (χ3v) is 4.38. The third-order valence-electron chi connectivity index (χ3n) is 4.38. The highest BCUT2D eigenvalue weighted by Gasteiger charge is 2.35. The van der Waals surface area contributed by atoms with E-state index in [0.717, 1.165) is 52.4 Å². The van der Waals surface area contributed by atoms with Crippen molar-refractivity contribution in [3.8, 4) is 0 Å². The van der Waals surface area contributed by atoms with Gasteiger partial charge in [-0.3, -0.25) is 4.90 Å². The van der Waals surface area contributed by atoms with Crippen LogP contribution in [0.4, 0.5) is 0 Å². The van der Waals surface area contributed by atoms with Crippen LogP contribution in [0.5, 0.6) is 0 Å². The Morgan fingerprint density at radius 2 is 2.15 bits per heavy atom. The third kappa shape index (κ3) is 4.99. The Hall–Kier alpha value is -0.160. The number of ether oxygens (including phenoxy) is 2. The number of nitrogens with zero attached hydrogens (tertiary/aromatic N) is 1. The van der Waals surface area contributed by atoms with Crippen LogP contribution in [0.1, 0.15) is 40.0 Å². The summed E-state index contributed by atoms with van der Waals surface area (Å²) >= 11 is 0. The molecule has 0 radical (unpaired) electrons. The van der Waals surface area contributed by atoms with Crippen LogP contribution in [0.3, 0.4) is 0 Å². The summed E-state index contributed by atoms with van der Waals surface area (Å²) < 4.78 is 11.6. The predicted molar refractivity (Wildman–Crippen MR) is 82.1 cm³/mol. The van der Waals surface area contributed by atoms with Gasteiger partial charge in [-0.2, -0.15) is 0 Å². The minimum absolute atomic E-state index is 0.284. The van der Waals surface area contributed by atoms with Gasteiger partial charge in [0.15, 0.2) is 0 Å². The Labute approximate surface area is 124 Å². The Kier molecular flexibility index (Phi) is 6.27. The van der Waals surface area contributed by atoms with E-state index in [-0.39, 0.29) is 5.41 Å². The summed E-state index contributed by atoms with van der Waals surface area (Å²) in [6.07, 6.45) is 3.98. The van der Waals surface area contributed by atoms with Gasteiger partial charge in [-0.25, -0.2) is 0 Å². The van der Waals surface area contributed by atoms with Gasteiger partial charge in [0.1, 0.15) is 0 Å². The van der Waals surface area contributed by atoms with Crippen molar-refractivity contribution < 1.29 is 9.47 Å². The molecule has 0 aromatic carbocycles. The lowest BCUT2D eigenvalue weighted by Gasteiger charge is -2.41. The highest BCUT2D eigenvalue weighted by Crippen LogP contribution is 2.30. The van der Waals surface area contributed by atoms with Gasteiger partial charge >= 0.3 is 0 Å². The standard InChI is InChI=1S/C16H32N2O2/c1-14(2)17-11-16(6-4-8-19-13-16)12-18-7-5-9-20-15(3)10-18/h14-15,17H,4-13H2,1-3H3. The SMILES string of the molecule is CC(C)NCC1(CN2CCCOC(C)C2)CCCOC1. The summed E-state index contributed by atoms with van der Waals surface area (Å²) in [7, 11) is 0. The van der Waals surface area contributed by atoms with E-state index in [1.54, 1.807) is 0 Å². The van der Waals surface area contributed by atoms with Gasteiger partial charge in [-0.05, 0) is 26.2 Å². The lowest BCUT2D eigenvalue weighted by molar-refractivity contribution is -0.0301. The first-order valence-electron chi connectivity index (χ1n) is 8.25. The molecule has 0 spiro atoms. The van der Waals surface area contributed by atoms with E-state index in [1.165, 1.54) is 12.8 Å². The Morgan fingerprint density at radius 1 is 1.30 bits per heavy atom. The fourth-order valence-electron chi connectivity index (χ4n) is 3.35. The zero-order valence-electron chi connectivity index (χ0n) is 13.5. The summed E-state index contributed by atoms with van der Waals surface area (Å²) in [6, 6.07) is 0.542. The molecule has 2 aliphatic heterocycles. The molecule has 0 aromatic rings. The summed E-state index contributed by atoms with van der Waals surface area (Å²) in [4.78, 5) is 2.59. The van der Waals surface area contributed by atoms with Gasteiger partial charge < -0.3 is 14.8 Å². The van der Waals surface area contributed by atoms with Gasteiger partial charge in [0, 0.05) is 50.8 Å². The molecule has 1 N–H and O–H groups in total.